The molecule has 2 fully saturated rings. The van der Waals surface area contributed by atoms with Crippen molar-refractivity contribution in [1.29, 1.82) is 0 Å². The summed E-state index contributed by atoms with van der Waals surface area (Å²) >= 11 is 0. The van der Waals surface area contributed by atoms with Gasteiger partial charge in [-0.3, -0.25) is 0 Å². The molecule has 0 aromatic carbocycles. The minimum absolute atomic E-state index is 0.372. The highest BCUT2D eigenvalue weighted by atomic mass is 16.3. The van der Waals surface area contributed by atoms with Crippen molar-refractivity contribution < 1.29 is 5.11 Å². The Balaban J connectivity index is 1.57. The maximum Gasteiger partial charge on any atom is 0.0433 e. The Morgan fingerprint density at radius 3 is 2.53 bits per heavy atom. The highest BCUT2D eigenvalue weighted by Crippen LogP contribution is 2.20. The van der Waals surface area contributed by atoms with Crippen LogP contribution in [0.2, 0.25) is 0 Å². The maximum absolute atomic E-state index is 8.94. The first-order chi connectivity index (χ1) is 8.38. The molecule has 2 heterocycles. The molecule has 0 radical (unpaired) electrons. The molecule has 3 nitrogen and oxygen atoms in total. The van der Waals surface area contributed by atoms with Gasteiger partial charge in [0, 0.05) is 12.6 Å². The number of aliphatic hydroxyl groups excluding tert-OH is 1. The Morgan fingerprint density at radius 1 is 1.06 bits per heavy atom. The van der Waals surface area contributed by atoms with E-state index < -0.39 is 0 Å². The van der Waals surface area contributed by atoms with Gasteiger partial charge >= 0.3 is 0 Å². The summed E-state index contributed by atoms with van der Waals surface area (Å²) in [4.78, 5) is 2.62. The van der Waals surface area contributed by atoms with Gasteiger partial charge in [0.2, 0.25) is 0 Å². The molecule has 2 rings (SSSR count). The van der Waals surface area contributed by atoms with Crippen LogP contribution in [-0.4, -0.2) is 48.8 Å². The molecule has 0 bridgehead atoms. The highest BCUT2D eigenvalue weighted by molar-refractivity contribution is 4.76. The van der Waals surface area contributed by atoms with Gasteiger partial charge in [0.15, 0.2) is 0 Å². The molecule has 2 aliphatic heterocycles. The van der Waals surface area contributed by atoms with E-state index in [1.165, 1.54) is 64.7 Å². The van der Waals surface area contributed by atoms with E-state index >= 15 is 0 Å². The summed E-state index contributed by atoms with van der Waals surface area (Å²) in [5, 5.41) is 12.6. The minimum Gasteiger partial charge on any atom is -0.396 e. The van der Waals surface area contributed by atoms with Gasteiger partial charge < -0.3 is 15.3 Å². The Bertz CT molecular complexity index is 196. The molecule has 0 spiro atoms. The van der Waals surface area contributed by atoms with Gasteiger partial charge in [0.05, 0.1) is 0 Å². The summed E-state index contributed by atoms with van der Waals surface area (Å²) in [6.45, 7) is 5.36. The largest absolute Gasteiger partial charge is 0.396 e. The lowest BCUT2D eigenvalue weighted by atomic mass is 9.93. The Labute approximate surface area is 106 Å². The number of nitrogens with zero attached hydrogens (tertiary/aromatic N) is 1. The molecule has 2 saturated heterocycles. The van der Waals surface area contributed by atoms with Gasteiger partial charge in [0.1, 0.15) is 0 Å². The predicted molar refractivity (Wildman–Crippen MR) is 71.1 cm³/mol. The summed E-state index contributed by atoms with van der Waals surface area (Å²) in [5.74, 6) is 0.782. The van der Waals surface area contributed by atoms with Crippen LogP contribution in [0.1, 0.15) is 44.9 Å². The molecule has 2 N–H and O–H groups in total. The number of rotatable bonds is 5. The lowest BCUT2D eigenvalue weighted by Crippen LogP contribution is -2.40. The number of hydrogen-bond acceptors (Lipinski definition) is 3. The molecule has 100 valence electrons. The number of nitrogens with one attached hydrogen (secondary N) is 1. The van der Waals surface area contributed by atoms with Gasteiger partial charge in [-0.05, 0) is 70.6 Å². The summed E-state index contributed by atoms with van der Waals surface area (Å²) in [7, 11) is 0. The fraction of sp³-hybridized carbons (Fsp3) is 1.00. The maximum atomic E-state index is 8.94. The van der Waals surface area contributed by atoms with Gasteiger partial charge in [-0.1, -0.05) is 6.42 Å². The Hall–Kier alpha value is -0.120. The smallest absolute Gasteiger partial charge is 0.0433 e. The lowest BCUT2D eigenvalue weighted by Gasteiger charge is -2.33. The van der Waals surface area contributed by atoms with Crippen molar-refractivity contribution in [2.24, 2.45) is 5.92 Å². The molecule has 0 aromatic rings. The van der Waals surface area contributed by atoms with Crippen LogP contribution in [0.25, 0.3) is 0 Å². The van der Waals surface area contributed by atoms with Gasteiger partial charge in [-0.25, -0.2) is 0 Å². The van der Waals surface area contributed by atoms with Crippen molar-refractivity contribution in [3.63, 3.8) is 0 Å². The van der Waals surface area contributed by atoms with E-state index in [0.717, 1.165) is 18.4 Å². The monoisotopic (exact) mass is 240 g/mol. The fourth-order valence-electron chi connectivity index (χ4n) is 3.19. The van der Waals surface area contributed by atoms with E-state index in [9.17, 15) is 0 Å². The molecule has 1 atom stereocenters. The van der Waals surface area contributed by atoms with Crippen LogP contribution in [0.4, 0.5) is 0 Å². The highest BCUT2D eigenvalue weighted by Gasteiger charge is 2.20. The molecule has 0 saturated carbocycles. The van der Waals surface area contributed by atoms with E-state index in [1.54, 1.807) is 0 Å². The van der Waals surface area contributed by atoms with Crippen LogP contribution in [0.3, 0.4) is 0 Å². The van der Waals surface area contributed by atoms with Crippen molar-refractivity contribution in [3.8, 4) is 0 Å². The second kappa shape index (κ2) is 7.34. The van der Waals surface area contributed by atoms with Crippen LogP contribution in [0, 0.1) is 5.92 Å². The molecule has 2 aliphatic rings. The van der Waals surface area contributed by atoms with Gasteiger partial charge in [-0.2, -0.15) is 0 Å². The first kappa shape index (κ1) is 13.3. The fourth-order valence-corrected chi connectivity index (χ4v) is 3.19. The SMILES string of the molecule is OCCC1CCN(CCC2CCCCN2)CC1. The average Bonchev–Trinajstić information content (AvgIpc) is 2.40. The first-order valence-electron chi connectivity index (χ1n) is 7.45. The summed E-state index contributed by atoms with van der Waals surface area (Å²) in [6, 6.07) is 0.777. The lowest BCUT2D eigenvalue weighted by molar-refractivity contribution is 0.152. The third-order valence-electron chi connectivity index (χ3n) is 4.45. The van der Waals surface area contributed by atoms with Crippen molar-refractivity contribution >= 4 is 0 Å². The number of aliphatic hydroxyl groups is 1. The summed E-state index contributed by atoms with van der Waals surface area (Å²) in [6.07, 6.45) is 9.07. The zero-order chi connectivity index (χ0) is 11.9. The molecule has 1 unspecified atom stereocenters. The summed E-state index contributed by atoms with van der Waals surface area (Å²) in [5.41, 5.74) is 0. The third kappa shape index (κ3) is 4.57. The quantitative estimate of drug-likeness (QED) is 0.766. The van der Waals surface area contributed by atoms with E-state index in [2.05, 4.69) is 10.2 Å². The number of likely N-dealkylation sites (tertiary alicyclic amines) is 1. The van der Waals surface area contributed by atoms with E-state index in [0.29, 0.717) is 6.61 Å². The molecule has 0 amide bonds. The normalized spacial score (nSPS) is 28.4. The molecule has 3 heteroatoms. The third-order valence-corrected chi connectivity index (χ3v) is 4.45. The van der Waals surface area contributed by atoms with Gasteiger partial charge in [0.25, 0.3) is 0 Å². The van der Waals surface area contributed by atoms with E-state index in [-0.39, 0.29) is 0 Å². The zero-order valence-electron chi connectivity index (χ0n) is 11.0. The molecule has 0 aliphatic carbocycles. The van der Waals surface area contributed by atoms with Crippen LogP contribution in [0.5, 0.6) is 0 Å². The van der Waals surface area contributed by atoms with Crippen molar-refractivity contribution in [1.82, 2.24) is 10.2 Å². The predicted octanol–water partition coefficient (Wildman–Crippen LogP) is 1.61. The number of piperidine rings is 2. The van der Waals surface area contributed by atoms with Crippen LogP contribution in [0.15, 0.2) is 0 Å². The van der Waals surface area contributed by atoms with E-state index in [4.69, 9.17) is 5.11 Å². The second-order valence-electron chi connectivity index (χ2n) is 5.73. The summed E-state index contributed by atoms with van der Waals surface area (Å²) < 4.78 is 0. The second-order valence-corrected chi connectivity index (χ2v) is 5.73. The van der Waals surface area contributed by atoms with Crippen molar-refractivity contribution in [2.75, 3.05) is 32.8 Å². The number of hydrogen-bond donors (Lipinski definition) is 2. The Kier molecular flexibility index (Phi) is 5.75. The first-order valence-corrected chi connectivity index (χ1v) is 7.45. The van der Waals surface area contributed by atoms with Crippen LogP contribution in [-0.2, 0) is 0 Å². The van der Waals surface area contributed by atoms with E-state index in [1.807, 2.05) is 0 Å². The van der Waals surface area contributed by atoms with Crippen molar-refractivity contribution in [2.45, 2.75) is 51.0 Å². The van der Waals surface area contributed by atoms with Crippen molar-refractivity contribution in [3.05, 3.63) is 0 Å². The molecule has 17 heavy (non-hydrogen) atoms. The standard InChI is InChI=1S/C14H28N2O/c17-12-7-13-4-9-16(10-5-13)11-6-14-3-1-2-8-15-14/h13-15,17H,1-12H2. The van der Waals surface area contributed by atoms with Gasteiger partial charge in [-0.15, -0.1) is 0 Å². The topological polar surface area (TPSA) is 35.5 Å². The Morgan fingerprint density at radius 2 is 1.88 bits per heavy atom. The molecular formula is C14H28N2O. The average molecular weight is 240 g/mol. The zero-order valence-corrected chi connectivity index (χ0v) is 11.0. The minimum atomic E-state index is 0.372. The van der Waals surface area contributed by atoms with Crippen LogP contribution < -0.4 is 5.32 Å². The molecule has 0 aromatic heterocycles. The molecular weight excluding hydrogens is 212 g/mol. The van der Waals surface area contributed by atoms with Crippen LogP contribution >= 0.6 is 0 Å².